The maximum atomic E-state index is 12.8. The van der Waals surface area contributed by atoms with Crippen LogP contribution in [0.25, 0.3) is 0 Å². The second-order valence-corrected chi connectivity index (χ2v) is 3.99. The molecule has 0 atom stereocenters. The van der Waals surface area contributed by atoms with Gasteiger partial charge in [-0.2, -0.15) is 5.26 Å². The highest BCUT2D eigenvalue weighted by molar-refractivity contribution is 5.57. The molecule has 18 heavy (non-hydrogen) atoms. The van der Waals surface area contributed by atoms with Crippen LogP contribution in [-0.2, 0) is 6.54 Å². The van der Waals surface area contributed by atoms with Crippen LogP contribution in [0.15, 0.2) is 42.7 Å². The number of nitrogens with zero attached hydrogens (tertiary/aromatic N) is 3. The lowest BCUT2D eigenvalue weighted by Gasteiger charge is -2.19. The fraction of sp³-hybridized carbons (Fsp3) is 0.143. The van der Waals surface area contributed by atoms with Crippen LogP contribution in [0.5, 0.6) is 0 Å². The molecule has 90 valence electrons. The molecule has 2 aromatic rings. The molecule has 0 amide bonds. The number of pyridine rings is 1. The van der Waals surface area contributed by atoms with E-state index in [1.807, 2.05) is 11.9 Å². The van der Waals surface area contributed by atoms with E-state index in [4.69, 9.17) is 5.26 Å². The van der Waals surface area contributed by atoms with Crippen molar-refractivity contribution in [1.29, 1.82) is 5.26 Å². The minimum Gasteiger partial charge on any atom is -0.368 e. The van der Waals surface area contributed by atoms with Crippen molar-refractivity contribution in [3.8, 4) is 6.07 Å². The van der Waals surface area contributed by atoms with E-state index in [0.29, 0.717) is 12.1 Å². The van der Waals surface area contributed by atoms with E-state index in [9.17, 15) is 4.39 Å². The van der Waals surface area contributed by atoms with Crippen LogP contribution in [0.4, 0.5) is 10.1 Å². The Kier molecular flexibility index (Phi) is 3.54. The molecule has 3 nitrogen and oxygen atoms in total. The molecule has 1 aromatic heterocycles. The second kappa shape index (κ2) is 5.28. The Morgan fingerprint density at radius 1 is 1.28 bits per heavy atom. The molecule has 0 bridgehead atoms. The van der Waals surface area contributed by atoms with Crippen molar-refractivity contribution in [2.24, 2.45) is 0 Å². The predicted octanol–water partition coefficient (Wildman–Crippen LogP) is 2.73. The molecule has 0 unspecified atom stereocenters. The highest BCUT2D eigenvalue weighted by Crippen LogP contribution is 2.18. The van der Waals surface area contributed by atoms with Crippen molar-refractivity contribution < 1.29 is 4.39 Å². The number of benzene rings is 1. The topological polar surface area (TPSA) is 39.9 Å². The van der Waals surface area contributed by atoms with Gasteiger partial charge in [0.15, 0.2) is 0 Å². The fourth-order valence-electron chi connectivity index (χ4n) is 1.73. The molecule has 0 saturated carbocycles. The van der Waals surface area contributed by atoms with Gasteiger partial charge in [0.25, 0.3) is 0 Å². The van der Waals surface area contributed by atoms with E-state index in [1.54, 1.807) is 30.6 Å². The van der Waals surface area contributed by atoms with Crippen molar-refractivity contribution in [1.82, 2.24) is 4.98 Å². The third-order valence-corrected chi connectivity index (χ3v) is 2.66. The summed E-state index contributed by atoms with van der Waals surface area (Å²) in [4.78, 5) is 5.93. The molecule has 0 N–H and O–H groups in total. The van der Waals surface area contributed by atoms with E-state index in [-0.39, 0.29) is 5.82 Å². The number of halogens is 1. The minimum absolute atomic E-state index is 0.250. The van der Waals surface area contributed by atoms with Crippen molar-refractivity contribution in [3.05, 3.63) is 59.7 Å². The predicted molar refractivity (Wildman–Crippen MR) is 67.5 cm³/mol. The molecule has 0 aliphatic carbocycles. The molecular weight excluding hydrogens is 229 g/mol. The van der Waals surface area contributed by atoms with Gasteiger partial charge in [-0.1, -0.05) is 12.1 Å². The largest absolute Gasteiger partial charge is 0.368 e. The van der Waals surface area contributed by atoms with Gasteiger partial charge in [-0.15, -0.1) is 0 Å². The summed E-state index contributed by atoms with van der Waals surface area (Å²) in [6, 6.07) is 10.1. The van der Waals surface area contributed by atoms with Crippen molar-refractivity contribution in [2.75, 3.05) is 11.9 Å². The molecular formula is C14H12FN3. The highest BCUT2D eigenvalue weighted by atomic mass is 19.1. The van der Waals surface area contributed by atoms with Crippen LogP contribution >= 0.6 is 0 Å². The minimum atomic E-state index is -0.250. The Morgan fingerprint density at radius 2 is 2.00 bits per heavy atom. The average molecular weight is 241 g/mol. The van der Waals surface area contributed by atoms with Gasteiger partial charge in [-0.05, 0) is 23.8 Å². The Bertz CT molecular complexity index is 572. The Hall–Kier alpha value is -2.41. The number of hydrogen-bond donors (Lipinski definition) is 0. The smallest absolute Gasteiger partial charge is 0.123 e. The van der Waals surface area contributed by atoms with Crippen LogP contribution in [-0.4, -0.2) is 12.0 Å². The Morgan fingerprint density at radius 3 is 2.67 bits per heavy atom. The monoisotopic (exact) mass is 241 g/mol. The van der Waals surface area contributed by atoms with Gasteiger partial charge >= 0.3 is 0 Å². The summed E-state index contributed by atoms with van der Waals surface area (Å²) in [7, 11) is 1.88. The van der Waals surface area contributed by atoms with Crippen molar-refractivity contribution in [3.63, 3.8) is 0 Å². The summed E-state index contributed by atoms with van der Waals surface area (Å²) in [6.07, 6.45) is 3.25. The summed E-state index contributed by atoms with van der Waals surface area (Å²) >= 11 is 0. The zero-order valence-electron chi connectivity index (χ0n) is 9.97. The molecule has 4 heteroatoms. The zero-order valence-corrected chi connectivity index (χ0v) is 9.97. The van der Waals surface area contributed by atoms with Crippen LogP contribution < -0.4 is 4.90 Å². The lowest BCUT2D eigenvalue weighted by molar-refractivity contribution is 0.627. The van der Waals surface area contributed by atoms with Gasteiger partial charge < -0.3 is 4.90 Å². The molecule has 0 aliphatic heterocycles. The van der Waals surface area contributed by atoms with E-state index in [2.05, 4.69) is 11.1 Å². The highest BCUT2D eigenvalue weighted by Gasteiger charge is 2.07. The molecule has 1 heterocycles. The third-order valence-electron chi connectivity index (χ3n) is 2.66. The quantitative estimate of drug-likeness (QED) is 0.829. The van der Waals surface area contributed by atoms with Gasteiger partial charge in [-0.3, -0.25) is 4.98 Å². The van der Waals surface area contributed by atoms with Gasteiger partial charge in [0, 0.05) is 19.8 Å². The summed E-state index contributed by atoms with van der Waals surface area (Å²) in [6.45, 7) is 0.598. The molecule has 2 rings (SSSR count). The van der Waals surface area contributed by atoms with Crippen LogP contribution in [0.1, 0.15) is 11.1 Å². The van der Waals surface area contributed by atoms with Gasteiger partial charge in [0.2, 0.25) is 0 Å². The van der Waals surface area contributed by atoms with Crippen LogP contribution in [0.2, 0.25) is 0 Å². The van der Waals surface area contributed by atoms with Crippen molar-refractivity contribution in [2.45, 2.75) is 6.54 Å². The number of anilines is 1. The number of rotatable bonds is 3. The maximum Gasteiger partial charge on any atom is 0.123 e. The summed E-state index contributed by atoms with van der Waals surface area (Å²) in [5.74, 6) is -0.250. The first kappa shape index (κ1) is 12.1. The first-order chi connectivity index (χ1) is 8.70. The molecule has 1 aromatic carbocycles. The Balaban J connectivity index is 2.19. The Labute approximate surface area is 105 Å². The lowest BCUT2D eigenvalue weighted by Crippen LogP contribution is -2.17. The van der Waals surface area contributed by atoms with Gasteiger partial charge in [0.05, 0.1) is 17.4 Å². The summed E-state index contributed by atoms with van der Waals surface area (Å²) in [5, 5.41) is 9.02. The van der Waals surface area contributed by atoms with E-state index in [0.717, 1.165) is 11.3 Å². The van der Waals surface area contributed by atoms with Crippen LogP contribution in [0, 0.1) is 17.1 Å². The number of nitriles is 1. The van der Waals surface area contributed by atoms with E-state index < -0.39 is 0 Å². The molecule has 0 saturated heterocycles. The third kappa shape index (κ3) is 2.64. The van der Waals surface area contributed by atoms with Crippen LogP contribution in [0.3, 0.4) is 0 Å². The molecule has 0 spiro atoms. The van der Waals surface area contributed by atoms with Crippen molar-refractivity contribution >= 4 is 5.69 Å². The second-order valence-electron chi connectivity index (χ2n) is 3.99. The summed E-state index contributed by atoms with van der Waals surface area (Å²) < 4.78 is 12.8. The fourth-order valence-corrected chi connectivity index (χ4v) is 1.73. The SMILES string of the molecule is CN(Cc1ccc(F)cc1)c1cnccc1C#N. The van der Waals surface area contributed by atoms with E-state index >= 15 is 0 Å². The first-order valence-corrected chi connectivity index (χ1v) is 5.50. The lowest BCUT2D eigenvalue weighted by atomic mass is 10.2. The first-order valence-electron chi connectivity index (χ1n) is 5.50. The summed E-state index contributed by atoms with van der Waals surface area (Å²) in [5.41, 5.74) is 2.32. The average Bonchev–Trinajstić information content (AvgIpc) is 2.41. The number of aromatic nitrogens is 1. The standard InChI is InChI=1S/C14H12FN3/c1-18(10-11-2-4-13(15)5-3-11)14-9-17-7-6-12(14)8-16/h2-7,9H,10H2,1H3. The number of hydrogen-bond acceptors (Lipinski definition) is 3. The molecule has 0 fully saturated rings. The molecule has 0 radical (unpaired) electrons. The normalized spacial score (nSPS) is 9.83. The van der Waals surface area contributed by atoms with Gasteiger partial charge in [-0.25, -0.2) is 4.39 Å². The maximum absolute atomic E-state index is 12.8. The van der Waals surface area contributed by atoms with Gasteiger partial charge in [0.1, 0.15) is 11.9 Å². The molecule has 0 aliphatic rings. The van der Waals surface area contributed by atoms with E-state index in [1.165, 1.54) is 12.1 Å². The zero-order chi connectivity index (χ0) is 13.0.